The smallest absolute Gasteiger partial charge is 0.241 e. The molecule has 1 unspecified atom stereocenters. The average Bonchev–Trinajstić information content (AvgIpc) is 2.82. The van der Waals surface area contributed by atoms with Crippen LogP contribution in [0.3, 0.4) is 0 Å². The fourth-order valence-electron chi connectivity index (χ4n) is 1.39. The Morgan fingerprint density at radius 2 is 2.00 bits per heavy atom. The molecule has 0 spiro atoms. The van der Waals surface area contributed by atoms with Crippen molar-refractivity contribution in [2.24, 2.45) is 0 Å². The van der Waals surface area contributed by atoms with Crippen LogP contribution in [0.1, 0.15) is 18.8 Å². The summed E-state index contributed by atoms with van der Waals surface area (Å²) in [4.78, 5) is 4.04. The normalized spacial score (nSPS) is 13.4. The minimum atomic E-state index is -3.60. The second-order valence-electron chi connectivity index (χ2n) is 3.67. The van der Waals surface area contributed by atoms with Crippen LogP contribution in [-0.4, -0.2) is 23.6 Å². The second-order valence-corrected chi connectivity index (χ2v) is 5.82. The summed E-state index contributed by atoms with van der Waals surface area (Å²) in [6.45, 7) is 1.67. The third kappa shape index (κ3) is 2.87. The lowest BCUT2D eigenvalue weighted by atomic mass is 10.3. The molecule has 2 N–H and O–H groups in total. The predicted molar refractivity (Wildman–Crippen MR) is 66.6 cm³/mol. The Hall–Kier alpha value is -1.44. The summed E-state index contributed by atoms with van der Waals surface area (Å²) in [5.74, 6) is 0.451. The first-order valence-electron chi connectivity index (χ1n) is 5.12. The standard InChI is InChI=1S/C10H11ClN4O2S/c1-7(10-12-6-13-14-10)15-18(16,17)9-4-2-8(11)3-5-9/h2-7,15H,1H3,(H,12,13,14). The van der Waals surface area contributed by atoms with Gasteiger partial charge in [-0.3, -0.25) is 5.10 Å². The number of nitrogens with zero attached hydrogens (tertiary/aromatic N) is 2. The number of nitrogens with one attached hydrogen (secondary N) is 2. The molecule has 0 bridgehead atoms. The highest BCUT2D eigenvalue weighted by atomic mass is 35.5. The van der Waals surface area contributed by atoms with Gasteiger partial charge in [0, 0.05) is 5.02 Å². The van der Waals surface area contributed by atoms with E-state index in [1.54, 1.807) is 6.92 Å². The molecule has 6 nitrogen and oxygen atoms in total. The van der Waals surface area contributed by atoms with Gasteiger partial charge in [0.2, 0.25) is 10.0 Å². The molecule has 1 atom stereocenters. The van der Waals surface area contributed by atoms with Crippen molar-refractivity contribution in [2.75, 3.05) is 0 Å². The monoisotopic (exact) mass is 286 g/mol. The molecule has 0 saturated heterocycles. The Morgan fingerprint density at radius 3 is 2.56 bits per heavy atom. The van der Waals surface area contributed by atoms with Gasteiger partial charge < -0.3 is 0 Å². The van der Waals surface area contributed by atoms with Gasteiger partial charge in [-0.15, -0.1) is 0 Å². The SMILES string of the molecule is CC(NS(=O)(=O)c1ccc(Cl)cc1)c1ncn[nH]1. The van der Waals surface area contributed by atoms with Crippen molar-refractivity contribution in [2.45, 2.75) is 17.9 Å². The van der Waals surface area contributed by atoms with E-state index < -0.39 is 16.1 Å². The molecule has 1 heterocycles. The van der Waals surface area contributed by atoms with Crippen LogP contribution < -0.4 is 4.72 Å². The fourth-order valence-corrected chi connectivity index (χ4v) is 2.73. The van der Waals surface area contributed by atoms with E-state index in [9.17, 15) is 8.42 Å². The molecule has 2 aromatic rings. The average molecular weight is 287 g/mol. The van der Waals surface area contributed by atoms with Crippen LogP contribution in [0.2, 0.25) is 5.02 Å². The van der Waals surface area contributed by atoms with E-state index in [-0.39, 0.29) is 4.90 Å². The summed E-state index contributed by atoms with van der Waals surface area (Å²) in [6, 6.07) is 5.44. The Labute approximate surface area is 109 Å². The van der Waals surface area contributed by atoms with Crippen LogP contribution >= 0.6 is 11.6 Å². The lowest BCUT2D eigenvalue weighted by Crippen LogP contribution is -2.27. The van der Waals surface area contributed by atoms with Gasteiger partial charge >= 0.3 is 0 Å². The molecule has 0 fully saturated rings. The number of sulfonamides is 1. The van der Waals surface area contributed by atoms with E-state index in [0.717, 1.165) is 0 Å². The van der Waals surface area contributed by atoms with Crippen molar-refractivity contribution in [3.8, 4) is 0 Å². The Bertz CT molecular complexity index is 610. The van der Waals surface area contributed by atoms with Gasteiger partial charge in [0.1, 0.15) is 12.2 Å². The third-order valence-corrected chi connectivity index (χ3v) is 4.11. The number of aromatic nitrogens is 3. The summed E-state index contributed by atoms with van der Waals surface area (Å²) >= 11 is 5.71. The van der Waals surface area contributed by atoms with E-state index in [1.807, 2.05) is 0 Å². The number of halogens is 1. The highest BCUT2D eigenvalue weighted by Gasteiger charge is 2.19. The summed E-state index contributed by atoms with van der Waals surface area (Å²) < 4.78 is 26.6. The minimum Gasteiger partial charge on any atom is -0.262 e. The molecule has 0 amide bonds. The first-order valence-corrected chi connectivity index (χ1v) is 6.98. The van der Waals surface area contributed by atoms with Crippen molar-refractivity contribution in [3.63, 3.8) is 0 Å². The zero-order chi connectivity index (χ0) is 13.2. The Balaban J connectivity index is 2.20. The molecule has 96 valence electrons. The quantitative estimate of drug-likeness (QED) is 0.891. The molecule has 0 saturated carbocycles. The molecule has 1 aromatic heterocycles. The van der Waals surface area contributed by atoms with Crippen molar-refractivity contribution in [3.05, 3.63) is 41.4 Å². The van der Waals surface area contributed by atoms with Crippen LogP contribution in [0.4, 0.5) is 0 Å². The van der Waals surface area contributed by atoms with Crippen LogP contribution in [0.25, 0.3) is 0 Å². The Morgan fingerprint density at radius 1 is 1.33 bits per heavy atom. The number of benzene rings is 1. The van der Waals surface area contributed by atoms with Gasteiger partial charge in [-0.25, -0.2) is 18.1 Å². The maximum absolute atomic E-state index is 12.0. The number of rotatable bonds is 4. The predicted octanol–water partition coefficient (Wildman–Crippen LogP) is 1.50. The van der Waals surface area contributed by atoms with Gasteiger partial charge in [0.15, 0.2) is 0 Å². The highest BCUT2D eigenvalue weighted by molar-refractivity contribution is 7.89. The summed E-state index contributed by atoms with van der Waals surface area (Å²) in [5, 5.41) is 6.76. The zero-order valence-corrected chi connectivity index (χ0v) is 11.0. The van der Waals surface area contributed by atoms with Gasteiger partial charge in [0.05, 0.1) is 10.9 Å². The molecule has 0 aliphatic carbocycles. The Kier molecular flexibility index (Phi) is 3.65. The second kappa shape index (κ2) is 5.05. The van der Waals surface area contributed by atoms with E-state index in [2.05, 4.69) is 19.9 Å². The van der Waals surface area contributed by atoms with Crippen LogP contribution in [-0.2, 0) is 10.0 Å². The molecule has 0 radical (unpaired) electrons. The highest BCUT2D eigenvalue weighted by Crippen LogP contribution is 2.16. The number of aromatic amines is 1. The number of hydrogen-bond acceptors (Lipinski definition) is 4. The summed E-state index contributed by atoms with van der Waals surface area (Å²) in [7, 11) is -3.60. The van der Waals surface area contributed by atoms with Crippen molar-refractivity contribution in [1.82, 2.24) is 19.9 Å². The lowest BCUT2D eigenvalue weighted by molar-refractivity contribution is 0.560. The van der Waals surface area contributed by atoms with Gasteiger partial charge in [-0.05, 0) is 31.2 Å². The van der Waals surface area contributed by atoms with E-state index in [0.29, 0.717) is 10.8 Å². The summed E-state index contributed by atoms with van der Waals surface area (Å²) in [6.07, 6.45) is 1.32. The van der Waals surface area contributed by atoms with Gasteiger partial charge in [-0.1, -0.05) is 11.6 Å². The van der Waals surface area contributed by atoms with E-state index in [4.69, 9.17) is 11.6 Å². The van der Waals surface area contributed by atoms with Gasteiger partial charge in [0.25, 0.3) is 0 Å². The molecule has 2 rings (SSSR count). The first kappa shape index (κ1) is 13.0. The zero-order valence-electron chi connectivity index (χ0n) is 9.46. The van der Waals surface area contributed by atoms with Gasteiger partial charge in [-0.2, -0.15) is 5.10 Å². The largest absolute Gasteiger partial charge is 0.262 e. The number of hydrogen-bond donors (Lipinski definition) is 2. The van der Waals surface area contributed by atoms with Crippen LogP contribution in [0.5, 0.6) is 0 Å². The maximum atomic E-state index is 12.0. The minimum absolute atomic E-state index is 0.151. The van der Waals surface area contributed by atoms with Crippen LogP contribution in [0.15, 0.2) is 35.5 Å². The molecule has 0 aliphatic rings. The first-order chi connectivity index (χ1) is 8.49. The molecule has 18 heavy (non-hydrogen) atoms. The van der Waals surface area contributed by atoms with Crippen molar-refractivity contribution >= 4 is 21.6 Å². The molecule has 8 heteroatoms. The summed E-state index contributed by atoms with van der Waals surface area (Å²) in [5.41, 5.74) is 0. The van der Waals surface area contributed by atoms with E-state index in [1.165, 1.54) is 30.6 Å². The van der Waals surface area contributed by atoms with Crippen molar-refractivity contribution in [1.29, 1.82) is 0 Å². The molecule has 0 aliphatic heterocycles. The lowest BCUT2D eigenvalue weighted by Gasteiger charge is -2.11. The topological polar surface area (TPSA) is 87.7 Å². The van der Waals surface area contributed by atoms with Crippen molar-refractivity contribution < 1.29 is 8.42 Å². The number of H-pyrrole nitrogens is 1. The van der Waals surface area contributed by atoms with E-state index >= 15 is 0 Å². The molecule has 1 aromatic carbocycles. The molecular weight excluding hydrogens is 276 g/mol. The molecular formula is C10H11ClN4O2S. The van der Waals surface area contributed by atoms with Crippen LogP contribution in [0, 0.1) is 0 Å². The maximum Gasteiger partial charge on any atom is 0.241 e. The third-order valence-electron chi connectivity index (χ3n) is 2.30. The fraction of sp³-hybridized carbons (Fsp3) is 0.200.